The van der Waals surface area contributed by atoms with E-state index in [9.17, 15) is 0 Å². The van der Waals surface area contributed by atoms with Gasteiger partial charge in [0.15, 0.2) is 5.96 Å². The maximum absolute atomic E-state index is 4.45. The molecule has 0 spiro atoms. The molecular formula is C19H35IN6. The molecule has 26 heavy (non-hydrogen) atoms. The van der Waals surface area contributed by atoms with Crippen LogP contribution in [0.15, 0.2) is 29.4 Å². The summed E-state index contributed by atoms with van der Waals surface area (Å²) in [4.78, 5) is 13.5. The van der Waals surface area contributed by atoms with Crippen molar-refractivity contribution in [2.45, 2.75) is 38.6 Å². The molecule has 2 heterocycles. The van der Waals surface area contributed by atoms with Gasteiger partial charge in [-0.25, -0.2) is 4.98 Å². The standard InChI is InChI=1S/C19H34N6.HI/c1-4-5-13-24(3)16-12-22-19(20-2)23-17-9-14-25(15-10-17)18-8-6-7-11-21-18;/h6-8,11,17H,4-5,9-10,12-16H2,1-3H3,(H2,20,22,23);1H. The van der Waals surface area contributed by atoms with E-state index < -0.39 is 0 Å². The molecule has 1 aliphatic rings. The lowest BCUT2D eigenvalue weighted by molar-refractivity contribution is 0.331. The van der Waals surface area contributed by atoms with Gasteiger partial charge in [-0.05, 0) is 45.0 Å². The fraction of sp³-hybridized carbons (Fsp3) is 0.684. The summed E-state index contributed by atoms with van der Waals surface area (Å²) in [6.07, 6.45) is 6.58. The zero-order valence-electron chi connectivity index (χ0n) is 16.4. The number of anilines is 1. The van der Waals surface area contributed by atoms with Crippen molar-refractivity contribution in [2.75, 3.05) is 51.7 Å². The molecule has 0 aliphatic carbocycles. The molecule has 0 saturated carbocycles. The van der Waals surface area contributed by atoms with Crippen molar-refractivity contribution in [3.05, 3.63) is 24.4 Å². The Labute approximate surface area is 175 Å². The number of aromatic nitrogens is 1. The first kappa shape index (κ1) is 23.0. The molecule has 1 aromatic heterocycles. The fourth-order valence-electron chi connectivity index (χ4n) is 3.09. The van der Waals surface area contributed by atoms with Gasteiger partial charge in [-0.1, -0.05) is 19.4 Å². The molecule has 7 heteroatoms. The number of nitrogens with one attached hydrogen (secondary N) is 2. The number of unbranched alkanes of at least 4 members (excludes halogenated alkanes) is 1. The van der Waals surface area contributed by atoms with Gasteiger partial charge in [0, 0.05) is 45.5 Å². The highest BCUT2D eigenvalue weighted by atomic mass is 127. The second-order valence-corrected chi connectivity index (χ2v) is 6.75. The number of piperidine rings is 1. The molecule has 2 rings (SSSR count). The molecular weight excluding hydrogens is 439 g/mol. The predicted octanol–water partition coefficient (Wildman–Crippen LogP) is 2.57. The summed E-state index contributed by atoms with van der Waals surface area (Å²) >= 11 is 0. The van der Waals surface area contributed by atoms with Crippen molar-refractivity contribution in [1.82, 2.24) is 20.5 Å². The normalized spacial score (nSPS) is 15.7. The third kappa shape index (κ3) is 8.07. The minimum Gasteiger partial charge on any atom is -0.356 e. The number of hydrogen-bond acceptors (Lipinski definition) is 4. The van der Waals surface area contributed by atoms with Crippen molar-refractivity contribution in [1.29, 1.82) is 0 Å². The first-order valence-electron chi connectivity index (χ1n) is 9.54. The van der Waals surface area contributed by atoms with Gasteiger partial charge in [-0.15, -0.1) is 24.0 Å². The number of aliphatic imine (C=N–C) groups is 1. The van der Waals surface area contributed by atoms with Crippen LogP contribution in [0.2, 0.25) is 0 Å². The molecule has 148 valence electrons. The van der Waals surface area contributed by atoms with Gasteiger partial charge < -0.3 is 20.4 Å². The van der Waals surface area contributed by atoms with Crippen molar-refractivity contribution >= 4 is 35.8 Å². The summed E-state index contributed by atoms with van der Waals surface area (Å²) in [7, 11) is 4.03. The van der Waals surface area contributed by atoms with Gasteiger partial charge >= 0.3 is 0 Å². The van der Waals surface area contributed by atoms with Gasteiger partial charge in [-0.3, -0.25) is 4.99 Å². The van der Waals surface area contributed by atoms with E-state index in [0.717, 1.165) is 57.3 Å². The second kappa shape index (κ2) is 13.1. The third-order valence-corrected chi connectivity index (χ3v) is 4.71. The van der Waals surface area contributed by atoms with E-state index in [2.05, 4.69) is 56.5 Å². The van der Waals surface area contributed by atoms with E-state index in [4.69, 9.17) is 0 Å². The van der Waals surface area contributed by atoms with E-state index in [1.807, 2.05) is 19.3 Å². The Balaban J connectivity index is 0.00000338. The SMILES string of the molecule is CCCCN(C)CCNC(=NC)NC1CCN(c2ccccn2)CC1.I. The number of pyridine rings is 1. The van der Waals surface area contributed by atoms with Crippen molar-refractivity contribution in [3.8, 4) is 0 Å². The maximum Gasteiger partial charge on any atom is 0.191 e. The molecule has 0 aromatic carbocycles. The molecule has 6 nitrogen and oxygen atoms in total. The van der Waals surface area contributed by atoms with E-state index in [1.165, 1.54) is 12.8 Å². The topological polar surface area (TPSA) is 55.8 Å². The van der Waals surface area contributed by atoms with Gasteiger partial charge in [0.05, 0.1) is 0 Å². The Morgan fingerprint density at radius 2 is 2.08 bits per heavy atom. The lowest BCUT2D eigenvalue weighted by Gasteiger charge is -2.33. The van der Waals surface area contributed by atoms with Crippen LogP contribution in [0.25, 0.3) is 0 Å². The number of rotatable bonds is 8. The Bertz CT molecular complexity index is 502. The minimum absolute atomic E-state index is 0. The maximum atomic E-state index is 4.45. The van der Waals surface area contributed by atoms with Gasteiger partial charge in [0.1, 0.15) is 5.82 Å². The first-order valence-corrected chi connectivity index (χ1v) is 9.54. The van der Waals surface area contributed by atoms with E-state index in [0.29, 0.717) is 6.04 Å². The number of hydrogen-bond donors (Lipinski definition) is 2. The lowest BCUT2D eigenvalue weighted by atomic mass is 10.1. The largest absolute Gasteiger partial charge is 0.356 e. The average Bonchev–Trinajstić information content (AvgIpc) is 2.66. The van der Waals surface area contributed by atoms with Crippen molar-refractivity contribution < 1.29 is 0 Å². The molecule has 0 amide bonds. The number of likely N-dealkylation sites (N-methyl/N-ethyl adjacent to an activating group) is 1. The summed E-state index contributed by atoms with van der Waals surface area (Å²) in [5.74, 6) is 2.00. The van der Waals surface area contributed by atoms with Crippen LogP contribution in [0.5, 0.6) is 0 Å². The molecule has 0 unspecified atom stereocenters. The molecule has 1 saturated heterocycles. The number of guanidine groups is 1. The number of halogens is 1. The van der Waals surface area contributed by atoms with Crippen molar-refractivity contribution in [3.63, 3.8) is 0 Å². The first-order chi connectivity index (χ1) is 12.2. The number of nitrogens with zero attached hydrogens (tertiary/aromatic N) is 4. The molecule has 1 aliphatic heterocycles. The van der Waals surface area contributed by atoms with E-state index in [1.54, 1.807) is 0 Å². The Morgan fingerprint density at radius 3 is 2.69 bits per heavy atom. The summed E-state index contributed by atoms with van der Waals surface area (Å²) in [5, 5.41) is 7.01. The quantitative estimate of drug-likeness (QED) is 0.345. The van der Waals surface area contributed by atoms with Crippen LogP contribution in [0.4, 0.5) is 5.82 Å². The van der Waals surface area contributed by atoms with Crippen LogP contribution in [0, 0.1) is 0 Å². The van der Waals surface area contributed by atoms with Crippen LogP contribution in [0.3, 0.4) is 0 Å². The molecule has 0 radical (unpaired) electrons. The highest BCUT2D eigenvalue weighted by Gasteiger charge is 2.20. The van der Waals surface area contributed by atoms with Crippen LogP contribution >= 0.6 is 24.0 Å². The summed E-state index contributed by atoms with van der Waals surface area (Å²) in [6.45, 7) is 7.43. The molecule has 1 aromatic rings. The highest BCUT2D eigenvalue weighted by Crippen LogP contribution is 2.17. The summed E-state index contributed by atoms with van der Waals surface area (Å²) in [5.41, 5.74) is 0. The van der Waals surface area contributed by atoms with Crippen LogP contribution in [-0.2, 0) is 0 Å². The molecule has 0 atom stereocenters. The van der Waals surface area contributed by atoms with Crippen LogP contribution < -0.4 is 15.5 Å². The average molecular weight is 474 g/mol. The zero-order valence-corrected chi connectivity index (χ0v) is 18.8. The molecule has 1 fully saturated rings. The molecule has 0 bridgehead atoms. The van der Waals surface area contributed by atoms with Crippen molar-refractivity contribution in [2.24, 2.45) is 4.99 Å². The summed E-state index contributed by atoms with van der Waals surface area (Å²) < 4.78 is 0. The molecule has 2 N–H and O–H groups in total. The Kier molecular flexibility index (Phi) is 11.6. The zero-order chi connectivity index (χ0) is 17.9. The van der Waals surface area contributed by atoms with E-state index in [-0.39, 0.29) is 24.0 Å². The highest BCUT2D eigenvalue weighted by molar-refractivity contribution is 14.0. The Morgan fingerprint density at radius 1 is 1.31 bits per heavy atom. The fourth-order valence-corrected chi connectivity index (χ4v) is 3.09. The third-order valence-electron chi connectivity index (χ3n) is 4.71. The second-order valence-electron chi connectivity index (χ2n) is 6.75. The summed E-state index contributed by atoms with van der Waals surface area (Å²) in [6, 6.07) is 6.58. The van der Waals surface area contributed by atoms with E-state index >= 15 is 0 Å². The minimum atomic E-state index is 0. The Hall–Kier alpha value is -1.09. The van der Waals surface area contributed by atoms with Gasteiger partial charge in [-0.2, -0.15) is 0 Å². The van der Waals surface area contributed by atoms with Gasteiger partial charge in [0.2, 0.25) is 0 Å². The predicted molar refractivity (Wildman–Crippen MR) is 122 cm³/mol. The smallest absolute Gasteiger partial charge is 0.191 e. The lowest BCUT2D eigenvalue weighted by Crippen LogP contribution is -2.49. The monoisotopic (exact) mass is 474 g/mol. The van der Waals surface area contributed by atoms with Crippen LogP contribution in [0.1, 0.15) is 32.6 Å². The van der Waals surface area contributed by atoms with Crippen LogP contribution in [-0.4, -0.2) is 68.7 Å². The van der Waals surface area contributed by atoms with Gasteiger partial charge in [0.25, 0.3) is 0 Å².